The van der Waals surface area contributed by atoms with Gasteiger partial charge in [-0.2, -0.15) is 0 Å². The molecule has 134 valence electrons. The molecule has 0 amide bonds. The molecule has 2 aromatic carbocycles. The Balaban J connectivity index is 1.91. The molecule has 4 nitrogen and oxygen atoms in total. The fourth-order valence-corrected chi connectivity index (χ4v) is 3.71. The smallest absolute Gasteiger partial charge is 0.136 e. The third kappa shape index (κ3) is 3.28. The summed E-state index contributed by atoms with van der Waals surface area (Å²) in [4.78, 5) is 4.49. The van der Waals surface area contributed by atoms with Gasteiger partial charge in [0.25, 0.3) is 0 Å². The summed E-state index contributed by atoms with van der Waals surface area (Å²) in [5.41, 5.74) is 3.80. The molecule has 2 heterocycles. The molecule has 7 heteroatoms. The van der Waals surface area contributed by atoms with Gasteiger partial charge in [0, 0.05) is 22.3 Å². The molecule has 0 fully saturated rings. The molecule has 0 aliphatic heterocycles. The molecule has 2 aromatic heterocycles. The van der Waals surface area contributed by atoms with Gasteiger partial charge in [-0.25, -0.2) is 0 Å². The molecular formula is C20H12Cl3N3O. The number of halogens is 3. The number of oxime groups is 1. The lowest BCUT2D eigenvalue weighted by Crippen LogP contribution is -2.09. The largest absolute Gasteiger partial charge is 0.410 e. The van der Waals surface area contributed by atoms with Crippen molar-refractivity contribution < 1.29 is 5.21 Å². The first-order valence-corrected chi connectivity index (χ1v) is 9.12. The minimum atomic E-state index is 0.272. The summed E-state index contributed by atoms with van der Waals surface area (Å²) in [5, 5.41) is 14.6. The molecule has 0 unspecified atom stereocenters. The van der Waals surface area contributed by atoms with Crippen LogP contribution in [0.3, 0.4) is 0 Å². The second kappa shape index (κ2) is 7.24. The standard InChI is InChI=1S/C20H12Cl3N3O/c21-13-4-1-3-12(9-13)17-11-26-14(10-24-17)7-8-18(26)20(25-27)19-15(22)5-2-6-16(19)23/h1-11,27H/b25-20-. The first-order chi connectivity index (χ1) is 13.1. The Morgan fingerprint density at radius 2 is 1.70 bits per heavy atom. The zero-order chi connectivity index (χ0) is 19.0. The van der Waals surface area contributed by atoms with E-state index < -0.39 is 0 Å². The number of hydrogen-bond donors (Lipinski definition) is 1. The zero-order valence-corrected chi connectivity index (χ0v) is 16.0. The number of fused-ring (bicyclic) bond motifs is 1. The second-order valence-electron chi connectivity index (χ2n) is 5.84. The van der Waals surface area contributed by atoms with Crippen LogP contribution in [0.1, 0.15) is 11.3 Å². The molecule has 0 aliphatic rings. The Hall–Kier alpha value is -2.53. The van der Waals surface area contributed by atoms with Gasteiger partial charge in [-0.3, -0.25) is 4.98 Å². The maximum Gasteiger partial charge on any atom is 0.136 e. The number of hydrogen-bond acceptors (Lipinski definition) is 3. The highest BCUT2D eigenvalue weighted by Crippen LogP contribution is 2.29. The molecule has 0 bridgehead atoms. The van der Waals surface area contributed by atoms with Crippen molar-refractivity contribution in [2.45, 2.75) is 0 Å². The van der Waals surface area contributed by atoms with E-state index in [1.165, 1.54) is 0 Å². The van der Waals surface area contributed by atoms with E-state index >= 15 is 0 Å². The van der Waals surface area contributed by atoms with E-state index in [2.05, 4.69) is 10.1 Å². The topological polar surface area (TPSA) is 49.9 Å². The third-order valence-corrected chi connectivity index (χ3v) is 5.06. The summed E-state index contributed by atoms with van der Waals surface area (Å²) in [5.74, 6) is 0. The van der Waals surface area contributed by atoms with Crippen LogP contribution in [0.25, 0.3) is 16.8 Å². The quantitative estimate of drug-likeness (QED) is 0.246. The summed E-state index contributed by atoms with van der Waals surface area (Å²) in [6, 6.07) is 16.3. The summed E-state index contributed by atoms with van der Waals surface area (Å²) in [6.07, 6.45) is 3.59. The predicted molar refractivity (Wildman–Crippen MR) is 110 cm³/mol. The average molecular weight is 417 g/mol. The van der Waals surface area contributed by atoms with Crippen LogP contribution in [0, 0.1) is 0 Å². The summed E-state index contributed by atoms with van der Waals surface area (Å²) < 4.78 is 1.87. The molecule has 1 N–H and O–H groups in total. The third-order valence-electron chi connectivity index (χ3n) is 4.20. The highest BCUT2D eigenvalue weighted by molar-refractivity contribution is 6.41. The molecule has 0 aliphatic carbocycles. The van der Waals surface area contributed by atoms with Gasteiger partial charge in [0.2, 0.25) is 0 Å². The van der Waals surface area contributed by atoms with E-state index in [1.54, 1.807) is 30.5 Å². The van der Waals surface area contributed by atoms with E-state index in [9.17, 15) is 5.21 Å². The Labute approximate surface area is 170 Å². The van der Waals surface area contributed by atoms with Crippen molar-refractivity contribution >= 4 is 46.0 Å². The molecule has 27 heavy (non-hydrogen) atoms. The number of rotatable bonds is 3. The highest BCUT2D eigenvalue weighted by Gasteiger charge is 2.19. The van der Waals surface area contributed by atoms with Gasteiger partial charge in [0.05, 0.1) is 33.1 Å². The monoisotopic (exact) mass is 415 g/mol. The maximum atomic E-state index is 9.71. The van der Waals surface area contributed by atoms with Crippen molar-refractivity contribution in [1.29, 1.82) is 0 Å². The van der Waals surface area contributed by atoms with E-state index in [1.807, 2.05) is 40.9 Å². The van der Waals surface area contributed by atoms with E-state index in [4.69, 9.17) is 34.8 Å². The van der Waals surface area contributed by atoms with Gasteiger partial charge in [-0.05, 0) is 36.4 Å². The average Bonchev–Trinajstić information content (AvgIpc) is 3.08. The Bertz CT molecular complexity index is 1160. The lowest BCUT2D eigenvalue weighted by molar-refractivity contribution is 0.319. The first-order valence-electron chi connectivity index (χ1n) is 7.98. The molecule has 4 rings (SSSR count). The summed E-state index contributed by atoms with van der Waals surface area (Å²) in [6.45, 7) is 0. The van der Waals surface area contributed by atoms with Gasteiger partial charge >= 0.3 is 0 Å². The van der Waals surface area contributed by atoms with Crippen molar-refractivity contribution in [3.63, 3.8) is 0 Å². The van der Waals surface area contributed by atoms with Gasteiger partial charge in [-0.15, -0.1) is 0 Å². The summed E-state index contributed by atoms with van der Waals surface area (Å²) >= 11 is 18.7. The van der Waals surface area contributed by atoms with E-state index in [0.29, 0.717) is 26.3 Å². The van der Waals surface area contributed by atoms with Gasteiger partial charge in [0.1, 0.15) is 5.71 Å². The van der Waals surface area contributed by atoms with Crippen LogP contribution < -0.4 is 0 Å². The minimum Gasteiger partial charge on any atom is -0.410 e. The first kappa shape index (κ1) is 17.9. The van der Waals surface area contributed by atoms with Crippen LogP contribution in [0.15, 0.2) is 72.1 Å². The maximum absolute atomic E-state index is 9.71. The van der Waals surface area contributed by atoms with E-state index in [-0.39, 0.29) is 5.71 Å². The Morgan fingerprint density at radius 3 is 2.41 bits per heavy atom. The zero-order valence-electron chi connectivity index (χ0n) is 13.8. The van der Waals surface area contributed by atoms with Crippen LogP contribution in [-0.4, -0.2) is 20.3 Å². The van der Waals surface area contributed by atoms with Crippen LogP contribution in [0.2, 0.25) is 15.1 Å². The van der Waals surface area contributed by atoms with Gasteiger partial charge in [0.15, 0.2) is 0 Å². The predicted octanol–water partition coefficient (Wildman–Crippen LogP) is 6.19. The normalized spacial score (nSPS) is 11.9. The number of aromatic nitrogens is 2. The molecule has 0 radical (unpaired) electrons. The van der Waals surface area contributed by atoms with Gasteiger partial charge < -0.3 is 9.61 Å². The van der Waals surface area contributed by atoms with Crippen molar-refractivity contribution in [3.8, 4) is 11.3 Å². The molecule has 0 saturated carbocycles. The van der Waals surface area contributed by atoms with E-state index in [0.717, 1.165) is 16.8 Å². The molecular weight excluding hydrogens is 405 g/mol. The van der Waals surface area contributed by atoms with Crippen LogP contribution >= 0.6 is 34.8 Å². The second-order valence-corrected chi connectivity index (χ2v) is 7.09. The van der Waals surface area contributed by atoms with Crippen molar-refractivity contribution in [2.75, 3.05) is 0 Å². The lowest BCUT2D eigenvalue weighted by Gasteiger charge is -2.10. The fourth-order valence-electron chi connectivity index (χ4n) is 2.95. The molecule has 4 aromatic rings. The minimum absolute atomic E-state index is 0.272. The van der Waals surface area contributed by atoms with Crippen molar-refractivity contribution in [1.82, 2.24) is 9.38 Å². The highest BCUT2D eigenvalue weighted by atomic mass is 35.5. The van der Waals surface area contributed by atoms with Crippen LogP contribution in [-0.2, 0) is 0 Å². The van der Waals surface area contributed by atoms with Crippen molar-refractivity contribution in [3.05, 3.63) is 93.3 Å². The molecule has 0 atom stereocenters. The molecule has 0 saturated heterocycles. The Morgan fingerprint density at radius 1 is 0.963 bits per heavy atom. The van der Waals surface area contributed by atoms with Crippen LogP contribution in [0.4, 0.5) is 0 Å². The lowest BCUT2D eigenvalue weighted by atomic mass is 10.1. The number of nitrogens with zero attached hydrogens (tertiary/aromatic N) is 3. The van der Waals surface area contributed by atoms with Crippen molar-refractivity contribution in [2.24, 2.45) is 5.16 Å². The Kier molecular flexibility index (Phi) is 4.79. The fraction of sp³-hybridized carbons (Fsp3) is 0. The van der Waals surface area contributed by atoms with Gasteiger partial charge in [-0.1, -0.05) is 58.2 Å². The SMILES string of the molecule is O/N=C(\c1c(Cl)cccc1Cl)c1ccc2cnc(-c3cccc(Cl)c3)cn12. The summed E-state index contributed by atoms with van der Waals surface area (Å²) in [7, 11) is 0. The number of benzene rings is 2. The molecule has 0 spiro atoms. The van der Waals surface area contributed by atoms with Crippen LogP contribution in [0.5, 0.6) is 0 Å².